The molecule has 1 saturated heterocycles. The zero-order chi connectivity index (χ0) is 95.0. The first kappa shape index (κ1) is 102. The standard InChI is InChI=1S/C93H117ClN16O19S/c1-10-11-14-27-75-92(128)108(7)51-79(115)99-71(47-81(117)118)88(124)106-82(55(4)5)89(125)103-69(41-58-28-34-62(94)35-29-58)86(122)104-72(44-60-32-38-64(112)39-33-60)90(126)107(6)50-78(114)98-70(46-61-48-96-66-26-20-19-25-65(61)66)87(123)102-68(42-59-30-36-63(111)37-31-59)85(121)101-67(40-54(2)3)84(120)105-74(83(119)97-49-77(95)113)52-130-53-80(116)100-73(43-56-21-15-12-16-22-56)91(127)110(9)76(93(129)109(75)8)45-57-23-17-13-18-24-57/h12-13,15-26,28-39,48,54-55,67-76,82,96,111-112H,10-11,14,27,40-47,49-53H2,1-9H3,(H2,95,113)(H,97,119)(H,98,114)(H,99,115)(H,100,116)(H,101,121)(H,102,123)(H,103,125)(H,104,122)(H,105,120)(H,106,124)(H,117,118)/t67-,68?,69-,70-,71-,72-,73-,74-,75-,76-,82-/m0/s1. The van der Waals surface area contributed by atoms with Gasteiger partial charge in [0.05, 0.1) is 31.8 Å². The van der Waals surface area contributed by atoms with Gasteiger partial charge in [-0.1, -0.05) is 181 Å². The van der Waals surface area contributed by atoms with Crippen molar-refractivity contribution < 1.29 is 92.0 Å². The quantitative estimate of drug-likeness (QED) is 0.0387. The Balaban J connectivity index is 1.21. The number of thioether (sulfide) groups is 1. The van der Waals surface area contributed by atoms with Gasteiger partial charge in [-0.25, -0.2) is 0 Å². The van der Waals surface area contributed by atoms with Crippen LogP contribution < -0.4 is 58.9 Å². The van der Waals surface area contributed by atoms with Crippen molar-refractivity contribution in [2.75, 3.05) is 59.3 Å². The maximum Gasteiger partial charge on any atom is 0.305 e. The number of hydrogen-bond acceptors (Lipinski definition) is 19. The molecule has 1 fully saturated rings. The predicted molar refractivity (Wildman–Crippen MR) is 487 cm³/mol. The number of nitrogens with one attached hydrogen (secondary N) is 11. The first-order valence-electron chi connectivity index (χ1n) is 42.9. The Bertz CT molecular complexity index is 5110. The molecule has 1 aliphatic heterocycles. The van der Waals surface area contributed by atoms with E-state index in [-0.39, 0.29) is 74.5 Å². The molecule has 0 bridgehead atoms. The largest absolute Gasteiger partial charge is 0.508 e. The maximum absolute atomic E-state index is 15.6. The highest BCUT2D eigenvalue weighted by Crippen LogP contribution is 2.25. The second kappa shape index (κ2) is 49.8. The molecule has 696 valence electrons. The lowest BCUT2D eigenvalue weighted by molar-refractivity contribution is -0.151. The molecule has 15 amide bonds. The van der Waals surface area contributed by atoms with Gasteiger partial charge in [0.2, 0.25) is 88.6 Å². The number of phenolic OH excluding ortho intramolecular Hbond substituents is 2. The number of nitrogens with two attached hydrogens (primary N) is 1. The molecule has 1 aromatic heterocycles. The minimum Gasteiger partial charge on any atom is -0.508 e. The number of carboxylic acid groups (broad SMARTS) is 1. The van der Waals surface area contributed by atoms with Crippen LogP contribution in [0.25, 0.3) is 10.9 Å². The van der Waals surface area contributed by atoms with E-state index >= 15 is 33.6 Å². The number of unbranched alkanes of at least 4 members (excludes halogenated alkanes) is 2. The van der Waals surface area contributed by atoms with Gasteiger partial charge in [-0.2, -0.15) is 0 Å². The number of phenols is 2. The number of nitrogens with zero attached hydrogens (tertiary/aromatic N) is 4. The number of H-pyrrole nitrogens is 1. The van der Waals surface area contributed by atoms with Crippen LogP contribution in [0.1, 0.15) is 107 Å². The first-order valence-corrected chi connectivity index (χ1v) is 44.4. The molecule has 37 heteroatoms. The molecule has 2 heterocycles. The number of carbonyl (C=O) groups excluding carboxylic acids is 15. The Morgan fingerprint density at radius 3 is 1.46 bits per heavy atom. The number of halogens is 1. The Labute approximate surface area is 763 Å². The topological polar surface area (TPSA) is 509 Å². The summed E-state index contributed by atoms with van der Waals surface area (Å²) in [4.78, 5) is 242. The molecule has 0 saturated carbocycles. The molecule has 0 spiro atoms. The number of amides is 15. The highest BCUT2D eigenvalue weighted by molar-refractivity contribution is 8.00. The highest BCUT2D eigenvalue weighted by Gasteiger charge is 2.42. The lowest BCUT2D eigenvalue weighted by Gasteiger charge is -2.37. The summed E-state index contributed by atoms with van der Waals surface area (Å²) in [5.41, 5.74) is 8.98. The number of aromatic nitrogens is 1. The molecular weight excluding hydrogens is 1710 g/mol. The van der Waals surface area contributed by atoms with E-state index in [4.69, 9.17) is 17.3 Å². The molecule has 8 rings (SSSR count). The van der Waals surface area contributed by atoms with Gasteiger partial charge in [0.1, 0.15) is 78.0 Å². The predicted octanol–water partition coefficient (Wildman–Crippen LogP) is 3.03. The summed E-state index contributed by atoms with van der Waals surface area (Å²) in [6, 6.07) is 24.7. The van der Waals surface area contributed by atoms with Gasteiger partial charge in [-0.3, -0.25) is 76.7 Å². The van der Waals surface area contributed by atoms with E-state index in [1.165, 1.54) is 113 Å². The van der Waals surface area contributed by atoms with Crippen LogP contribution in [-0.2, 0) is 115 Å². The van der Waals surface area contributed by atoms with Crippen LogP contribution >= 0.6 is 23.4 Å². The Morgan fingerprint density at radius 1 is 0.477 bits per heavy atom. The van der Waals surface area contributed by atoms with Crippen LogP contribution in [0.4, 0.5) is 0 Å². The lowest BCUT2D eigenvalue weighted by atomic mass is 9.99. The molecule has 1 unspecified atom stereocenters. The van der Waals surface area contributed by atoms with Crippen LogP contribution in [0.15, 0.2) is 164 Å². The van der Waals surface area contributed by atoms with Crippen molar-refractivity contribution in [3.63, 3.8) is 0 Å². The van der Waals surface area contributed by atoms with E-state index in [1.54, 1.807) is 117 Å². The summed E-state index contributed by atoms with van der Waals surface area (Å²) in [6.45, 7) is 6.15. The van der Waals surface area contributed by atoms with Gasteiger partial charge in [0, 0.05) is 94.6 Å². The minimum atomic E-state index is -1.92. The number of hydrogen-bond donors (Lipinski definition) is 15. The van der Waals surface area contributed by atoms with Crippen molar-refractivity contribution >= 4 is 129 Å². The average Bonchev–Trinajstić information content (AvgIpc) is 1.58. The number of carbonyl (C=O) groups is 16. The van der Waals surface area contributed by atoms with Crippen molar-refractivity contribution in [2.45, 2.75) is 178 Å². The fourth-order valence-electron chi connectivity index (χ4n) is 14.9. The average molecular weight is 1830 g/mol. The van der Waals surface area contributed by atoms with Crippen LogP contribution in [0.3, 0.4) is 0 Å². The molecular formula is C93H117ClN16O19S. The zero-order valence-corrected chi connectivity index (χ0v) is 75.7. The molecule has 11 atom stereocenters. The van der Waals surface area contributed by atoms with Crippen LogP contribution in [-0.4, -0.2) is 260 Å². The zero-order valence-electron chi connectivity index (χ0n) is 74.1. The second-order valence-electron chi connectivity index (χ2n) is 33.2. The fourth-order valence-corrected chi connectivity index (χ4v) is 15.9. The van der Waals surface area contributed by atoms with Crippen molar-refractivity contribution in [1.82, 2.24) is 77.8 Å². The van der Waals surface area contributed by atoms with Gasteiger partial charge in [0.25, 0.3) is 0 Å². The number of aliphatic carboxylic acids is 1. The van der Waals surface area contributed by atoms with Crippen LogP contribution in [0.5, 0.6) is 11.5 Å². The maximum atomic E-state index is 15.6. The van der Waals surface area contributed by atoms with Crippen molar-refractivity contribution in [2.24, 2.45) is 17.6 Å². The van der Waals surface area contributed by atoms with Gasteiger partial charge in [-0.05, 0) is 101 Å². The Kier molecular flexibility index (Phi) is 39.1. The Morgan fingerprint density at radius 2 is 0.923 bits per heavy atom. The number of likely N-dealkylation sites (N-methyl/N-ethyl adjacent to an activating group) is 4. The SMILES string of the molecule is CCCCC[C@H]1C(=O)N(C)CC(=O)N[C@@H](CC(=O)O)C(=O)N[C@@H](C(C)C)C(=O)N[C@@H](Cc2ccc(Cl)cc2)C(=O)N[C@@H](Cc2ccc(O)cc2)C(=O)N(C)CC(=O)N[C@@H](Cc2c[nH]c3ccccc23)C(=O)NC(Cc2ccc(O)cc2)C(=O)N[C@@H](CC(C)C)C(=O)N[C@H](C(=O)NCC(N)=O)CSCC(=O)N[C@@H](Cc2ccccc2)C(=O)N(C)[C@@H](Cc2ccccc2)C(=O)N1C. The van der Waals surface area contributed by atoms with Gasteiger partial charge < -0.3 is 98.8 Å². The molecule has 35 nitrogen and oxygen atoms in total. The molecule has 0 aliphatic carbocycles. The number of primary amides is 1. The smallest absolute Gasteiger partial charge is 0.305 e. The third-order valence-corrected chi connectivity index (χ3v) is 23.2. The summed E-state index contributed by atoms with van der Waals surface area (Å²) in [5, 5.41) is 58.4. The molecule has 16 N–H and O–H groups in total. The first-order chi connectivity index (χ1) is 61.8. The van der Waals surface area contributed by atoms with Crippen LogP contribution in [0, 0.1) is 11.8 Å². The molecule has 1 aliphatic rings. The number of carboxylic acids is 1. The Hall–Kier alpha value is -13.4. The summed E-state index contributed by atoms with van der Waals surface area (Å²) in [6.07, 6.45) is 0.703. The number of aromatic hydroxyl groups is 2. The summed E-state index contributed by atoms with van der Waals surface area (Å²) in [7, 11) is 5.24. The molecule has 6 aromatic carbocycles. The van der Waals surface area contributed by atoms with Gasteiger partial charge in [-0.15, -0.1) is 11.8 Å². The van der Waals surface area contributed by atoms with E-state index in [1.807, 2.05) is 6.92 Å². The molecule has 0 radical (unpaired) electrons. The third-order valence-electron chi connectivity index (χ3n) is 21.9. The number of benzene rings is 6. The monoisotopic (exact) mass is 1830 g/mol. The highest BCUT2D eigenvalue weighted by atomic mass is 35.5. The third kappa shape index (κ3) is 31.5. The van der Waals surface area contributed by atoms with Gasteiger partial charge >= 0.3 is 5.97 Å². The number of aromatic amines is 1. The lowest BCUT2D eigenvalue weighted by Crippen LogP contribution is -2.61. The van der Waals surface area contributed by atoms with E-state index in [9.17, 15) is 58.5 Å². The van der Waals surface area contributed by atoms with Crippen molar-refractivity contribution in [3.05, 3.63) is 202 Å². The summed E-state index contributed by atoms with van der Waals surface area (Å²) in [5.74, 6) is -17.8. The van der Waals surface area contributed by atoms with Crippen molar-refractivity contribution in [1.29, 1.82) is 0 Å². The molecule has 130 heavy (non-hydrogen) atoms. The number of para-hydroxylation sites is 1. The fraction of sp³-hybridized carbons (Fsp3) is 0.419. The van der Waals surface area contributed by atoms with Crippen molar-refractivity contribution in [3.8, 4) is 11.5 Å². The molecule has 7 aromatic rings. The normalized spacial score (nSPS) is 21.8. The van der Waals surface area contributed by atoms with E-state index < -0.39 is 199 Å². The van der Waals surface area contributed by atoms with E-state index in [0.717, 1.165) is 21.6 Å². The summed E-state index contributed by atoms with van der Waals surface area (Å²) >= 11 is 7.14. The van der Waals surface area contributed by atoms with Gasteiger partial charge in [0.15, 0.2) is 0 Å². The minimum absolute atomic E-state index is 0.0351. The number of fused-ring (bicyclic) bond motifs is 1. The van der Waals surface area contributed by atoms with Crippen LogP contribution in [0.2, 0.25) is 5.02 Å². The van der Waals surface area contributed by atoms with E-state index in [0.29, 0.717) is 68.6 Å². The second-order valence-corrected chi connectivity index (χ2v) is 34.6. The number of rotatable bonds is 24. The van der Waals surface area contributed by atoms with E-state index in [2.05, 4.69) is 58.2 Å². The summed E-state index contributed by atoms with van der Waals surface area (Å²) < 4.78 is 0.